The van der Waals surface area contributed by atoms with E-state index in [1.165, 1.54) is 25.7 Å². The second-order valence-corrected chi connectivity index (χ2v) is 33.5. The van der Waals surface area contributed by atoms with Crippen molar-refractivity contribution in [2.75, 3.05) is 31.6 Å². The Hall–Kier alpha value is -1.02. The Labute approximate surface area is 298 Å². The standard InChI is InChI=1S/C38H73N3O4Si3/c1-29-26-41(24-20-18-17-19-23-39-30-21-22-31-33(25-30)42-28-40-31)32(27-43-46(11,12)36(2,3)4)35(45-48(15,16)38(8,9)10)34(29)44-47(13,14)37(5,6)7/h21-22,25,28-29,32,34-35,39H,17-20,23-24,26-27H2,1-16H3/t29-,32+,34+,35+/m0/s1. The number of hydrogen-bond donors (Lipinski definition) is 1. The van der Waals surface area contributed by atoms with Crippen LogP contribution in [0.4, 0.5) is 5.69 Å². The number of anilines is 1. The Morgan fingerprint density at radius 3 is 1.94 bits per heavy atom. The van der Waals surface area contributed by atoms with Gasteiger partial charge in [0.25, 0.3) is 0 Å². The molecule has 0 aliphatic carbocycles. The van der Waals surface area contributed by atoms with Crippen molar-refractivity contribution in [3.63, 3.8) is 0 Å². The predicted molar refractivity (Wildman–Crippen MR) is 213 cm³/mol. The molecule has 48 heavy (non-hydrogen) atoms. The van der Waals surface area contributed by atoms with Crippen LogP contribution in [-0.2, 0) is 13.3 Å². The molecular weight excluding hydrogens is 647 g/mol. The molecule has 1 N–H and O–H groups in total. The summed E-state index contributed by atoms with van der Waals surface area (Å²) >= 11 is 0. The SMILES string of the molecule is C[C@H]1CN(CCCCCCNc2ccc3ncoc3c2)[C@H](CO[Si](C)(C)C(C)(C)C)[C@@H](O[Si](C)(C)C(C)(C)C)[C@@H]1O[Si](C)(C)C(C)(C)C. The summed E-state index contributed by atoms with van der Waals surface area (Å²) in [6.45, 7) is 41.7. The molecule has 1 aliphatic heterocycles. The molecule has 0 radical (unpaired) electrons. The molecule has 276 valence electrons. The Bertz CT molecular complexity index is 1290. The van der Waals surface area contributed by atoms with Crippen molar-refractivity contribution in [1.29, 1.82) is 0 Å². The molecule has 4 atom stereocenters. The van der Waals surface area contributed by atoms with Crippen LogP contribution >= 0.6 is 0 Å². The second-order valence-electron chi connectivity index (χ2n) is 19.2. The van der Waals surface area contributed by atoms with E-state index in [4.69, 9.17) is 17.7 Å². The first-order valence-corrected chi connectivity index (χ1v) is 27.4. The van der Waals surface area contributed by atoms with E-state index in [9.17, 15) is 0 Å². The molecule has 0 bridgehead atoms. The number of aromatic nitrogens is 1. The van der Waals surface area contributed by atoms with Crippen LogP contribution in [0.15, 0.2) is 29.0 Å². The zero-order valence-corrected chi connectivity index (χ0v) is 36.8. The molecule has 0 unspecified atom stereocenters. The number of hydrogen-bond acceptors (Lipinski definition) is 7. The molecule has 0 saturated carbocycles. The summed E-state index contributed by atoms with van der Waals surface area (Å²) in [7, 11) is -6.13. The Kier molecular flexibility index (Phi) is 13.5. The fraction of sp³-hybridized carbons (Fsp3) is 0.816. The van der Waals surface area contributed by atoms with Gasteiger partial charge in [0.1, 0.15) is 5.52 Å². The van der Waals surface area contributed by atoms with E-state index in [-0.39, 0.29) is 33.4 Å². The molecule has 1 aliphatic rings. The summed E-state index contributed by atoms with van der Waals surface area (Å²) in [5.41, 5.74) is 2.82. The fourth-order valence-corrected chi connectivity index (χ4v) is 9.43. The van der Waals surface area contributed by atoms with Gasteiger partial charge in [0, 0.05) is 24.8 Å². The minimum atomic E-state index is -2.11. The lowest BCUT2D eigenvalue weighted by Crippen LogP contribution is -2.66. The average molecular weight is 720 g/mol. The summed E-state index contributed by atoms with van der Waals surface area (Å²) in [5.74, 6) is 0.379. The molecular formula is C38H73N3O4Si3. The lowest BCUT2D eigenvalue weighted by atomic mass is 9.88. The molecule has 1 aromatic heterocycles. The van der Waals surface area contributed by atoms with E-state index in [0.717, 1.165) is 42.8 Å². The van der Waals surface area contributed by atoms with Crippen LogP contribution < -0.4 is 5.32 Å². The van der Waals surface area contributed by atoms with E-state index in [0.29, 0.717) is 12.5 Å². The second kappa shape index (κ2) is 15.7. The lowest BCUT2D eigenvalue weighted by Gasteiger charge is -2.54. The van der Waals surface area contributed by atoms with Crippen molar-refractivity contribution in [1.82, 2.24) is 9.88 Å². The maximum atomic E-state index is 7.51. The zero-order chi connectivity index (χ0) is 36.3. The van der Waals surface area contributed by atoms with Crippen molar-refractivity contribution in [2.45, 2.75) is 168 Å². The smallest absolute Gasteiger partial charge is 0.192 e. The summed E-state index contributed by atoms with van der Waals surface area (Å²) in [4.78, 5) is 6.95. The van der Waals surface area contributed by atoms with Crippen LogP contribution in [0.25, 0.3) is 11.1 Å². The summed E-state index contributed by atoms with van der Waals surface area (Å²) in [5, 5.41) is 3.96. The topological polar surface area (TPSA) is 69.0 Å². The number of oxazole rings is 1. The van der Waals surface area contributed by atoms with Crippen LogP contribution in [-0.4, -0.2) is 79.3 Å². The average Bonchev–Trinajstić information content (AvgIpc) is 3.40. The van der Waals surface area contributed by atoms with Crippen molar-refractivity contribution in [3.8, 4) is 0 Å². The van der Waals surface area contributed by atoms with E-state index >= 15 is 0 Å². The van der Waals surface area contributed by atoms with Gasteiger partial charge >= 0.3 is 0 Å². The number of unbranched alkanes of at least 4 members (excludes halogenated alkanes) is 3. The zero-order valence-electron chi connectivity index (χ0n) is 33.8. The number of nitrogens with one attached hydrogen (secondary N) is 1. The van der Waals surface area contributed by atoms with Gasteiger partial charge < -0.3 is 23.0 Å². The number of piperidine rings is 1. The van der Waals surface area contributed by atoms with Gasteiger partial charge in [0.15, 0.2) is 36.9 Å². The van der Waals surface area contributed by atoms with Crippen molar-refractivity contribution in [3.05, 3.63) is 24.6 Å². The highest BCUT2D eigenvalue weighted by Crippen LogP contribution is 2.44. The highest BCUT2D eigenvalue weighted by molar-refractivity contribution is 6.75. The fourth-order valence-electron chi connectivity index (χ4n) is 5.68. The summed E-state index contributed by atoms with van der Waals surface area (Å²) in [6, 6.07) is 6.30. The molecule has 2 aromatic rings. The molecule has 7 nitrogen and oxygen atoms in total. The summed E-state index contributed by atoms with van der Waals surface area (Å²) < 4.78 is 27.4. The number of fused-ring (bicyclic) bond motifs is 1. The number of benzene rings is 1. The van der Waals surface area contributed by atoms with Gasteiger partial charge in [-0.05, 0) is 91.8 Å². The summed E-state index contributed by atoms with van der Waals surface area (Å²) in [6.07, 6.45) is 6.28. The van der Waals surface area contributed by atoms with Crippen LogP contribution in [0.3, 0.4) is 0 Å². The van der Waals surface area contributed by atoms with Crippen LogP contribution in [0, 0.1) is 5.92 Å². The van der Waals surface area contributed by atoms with Gasteiger partial charge in [-0.3, -0.25) is 4.90 Å². The Balaban J connectivity index is 1.77. The van der Waals surface area contributed by atoms with E-state index in [1.807, 2.05) is 12.1 Å². The highest BCUT2D eigenvalue weighted by atomic mass is 28.4. The van der Waals surface area contributed by atoms with Gasteiger partial charge in [0.2, 0.25) is 0 Å². The Morgan fingerprint density at radius 1 is 0.792 bits per heavy atom. The highest BCUT2D eigenvalue weighted by Gasteiger charge is 2.52. The molecule has 0 spiro atoms. The monoisotopic (exact) mass is 719 g/mol. The van der Waals surface area contributed by atoms with Gasteiger partial charge in [-0.2, -0.15) is 0 Å². The first kappa shape index (κ1) is 41.4. The largest absolute Gasteiger partial charge is 0.443 e. The number of likely N-dealkylation sites (tertiary alicyclic amines) is 1. The number of rotatable bonds is 15. The Morgan fingerprint density at radius 2 is 1.35 bits per heavy atom. The quantitative estimate of drug-likeness (QED) is 0.145. The van der Waals surface area contributed by atoms with Crippen LogP contribution in [0.5, 0.6) is 0 Å². The first-order valence-electron chi connectivity index (χ1n) is 18.7. The third-order valence-electron chi connectivity index (χ3n) is 12.2. The van der Waals surface area contributed by atoms with Crippen molar-refractivity contribution in [2.24, 2.45) is 5.92 Å². The van der Waals surface area contributed by atoms with Gasteiger partial charge in [-0.15, -0.1) is 0 Å². The molecule has 3 rings (SSSR count). The normalized spacial score (nSPS) is 22.4. The molecule has 10 heteroatoms. The van der Waals surface area contributed by atoms with E-state index in [2.05, 4.69) is 130 Å². The third kappa shape index (κ3) is 10.5. The third-order valence-corrected chi connectivity index (χ3v) is 25.6. The molecule has 1 aromatic carbocycles. The first-order chi connectivity index (χ1) is 21.9. The number of nitrogens with zero attached hydrogens (tertiary/aromatic N) is 2. The van der Waals surface area contributed by atoms with Crippen LogP contribution in [0.1, 0.15) is 94.9 Å². The maximum Gasteiger partial charge on any atom is 0.192 e. The van der Waals surface area contributed by atoms with Crippen LogP contribution in [0.2, 0.25) is 54.4 Å². The van der Waals surface area contributed by atoms with Gasteiger partial charge in [-0.25, -0.2) is 4.98 Å². The maximum absolute atomic E-state index is 7.51. The van der Waals surface area contributed by atoms with Gasteiger partial charge in [-0.1, -0.05) is 82.1 Å². The molecule has 2 heterocycles. The van der Waals surface area contributed by atoms with E-state index in [1.54, 1.807) is 0 Å². The molecule has 1 saturated heterocycles. The molecule has 0 amide bonds. The van der Waals surface area contributed by atoms with E-state index < -0.39 is 25.0 Å². The molecule has 1 fully saturated rings. The van der Waals surface area contributed by atoms with Crippen molar-refractivity contribution < 1.29 is 17.7 Å². The van der Waals surface area contributed by atoms with Crippen molar-refractivity contribution >= 4 is 41.7 Å². The predicted octanol–water partition coefficient (Wildman–Crippen LogP) is 10.9. The minimum absolute atomic E-state index is 0.0144. The van der Waals surface area contributed by atoms with Gasteiger partial charge in [0.05, 0.1) is 24.9 Å². The minimum Gasteiger partial charge on any atom is -0.443 e. The lowest BCUT2D eigenvalue weighted by molar-refractivity contribution is -0.101.